The predicted molar refractivity (Wildman–Crippen MR) is 68.0 cm³/mol. The molecule has 2 aliphatic carbocycles. The molecule has 1 N–H and O–H groups in total. The zero-order chi connectivity index (χ0) is 11.8. The SMILES string of the molecule is CCNc1nnc(C(C2CC2)C2CC2)n1CC. The Kier molecular flexibility index (Phi) is 2.81. The lowest BCUT2D eigenvalue weighted by atomic mass is 9.97. The molecule has 0 radical (unpaired) electrons. The number of anilines is 1. The molecule has 0 amide bonds. The van der Waals surface area contributed by atoms with E-state index in [9.17, 15) is 0 Å². The Morgan fingerprint density at radius 2 is 1.82 bits per heavy atom. The molecule has 0 aromatic carbocycles. The molecule has 1 heterocycles. The van der Waals surface area contributed by atoms with Crippen LogP contribution in [0, 0.1) is 11.8 Å². The van der Waals surface area contributed by atoms with Crippen molar-refractivity contribution in [1.29, 1.82) is 0 Å². The van der Waals surface area contributed by atoms with Crippen molar-refractivity contribution >= 4 is 5.95 Å². The van der Waals surface area contributed by atoms with E-state index in [1.165, 1.54) is 31.5 Å². The molecule has 2 aliphatic rings. The average molecular weight is 234 g/mol. The third-order valence-corrected chi connectivity index (χ3v) is 3.99. The van der Waals surface area contributed by atoms with Gasteiger partial charge in [-0.1, -0.05) is 0 Å². The zero-order valence-corrected chi connectivity index (χ0v) is 10.8. The van der Waals surface area contributed by atoms with Crippen LogP contribution < -0.4 is 5.32 Å². The van der Waals surface area contributed by atoms with Gasteiger partial charge >= 0.3 is 0 Å². The molecule has 1 aromatic heterocycles. The third-order valence-electron chi connectivity index (χ3n) is 3.99. The minimum atomic E-state index is 0.690. The number of aromatic nitrogens is 3. The summed E-state index contributed by atoms with van der Waals surface area (Å²) in [6.45, 7) is 6.18. The second kappa shape index (κ2) is 4.31. The Labute approximate surface area is 103 Å². The van der Waals surface area contributed by atoms with Crippen molar-refractivity contribution in [3.8, 4) is 0 Å². The Hall–Kier alpha value is -1.06. The molecule has 2 fully saturated rings. The van der Waals surface area contributed by atoms with Crippen LogP contribution in [0.1, 0.15) is 51.3 Å². The summed E-state index contributed by atoms with van der Waals surface area (Å²) in [7, 11) is 0. The number of nitrogens with one attached hydrogen (secondary N) is 1. The van der Waals surface area contributed by atoms with Gasteiger partial charge in [0, 0.05) is 19.0 Å². The standard InChI is InChI=1S/C13H22N4/c1-3-14-13-16-15-12(17(13)4-2)11(9-5-6-9)10-7-8-10/h9-11H,3-8H2,1-2H3,(H,14,16). The molecular formula is C13H22N4. The van der Waals surface area contributed by atoms with E-state index < -0.39 is 0 Å². The van der Waals surface area contributed by atoms with Gasteiger partial charge in [0.25, 0.3) is 0 Å². The van der Waals surface area contributed by atoms with Gasteiger partial charge in [0.15, 0.2) is 0 Å². The van der Waals surface area contributed by atoms with Gasteiger partial charge in [-0.05, 0) is 51.4 Å². The van der Waals surface area contributed by atoms with Crippen LogP contribution >= 0.6 is 0 Å². The topological polar surface area (TPSA) is 42.7 Å². The van der Waals surface area contributed by atoms with Crippen molar-refractivity contribution in [3.63, 3.8) is 0 Å². The zero-order valence-electron chi connectivity index (χ0n) is 10.8. The fourth-order valence-corrected chi connectivity index (χ4v) is 2.88. The van der Waals surface area contributed by atoms with E-state index in [0.29, 0.717) is 5.92 Å². The Morgan fingerprint density at radius 3 is 2.29 bits per heavy atom. The first-order chi connectivity index (χ1) is 8.35. The van der Waals surface area contributed by atoms with Crippen LogP contribution in [0.5, 0.6) is 0 Å². The fraction of sp³-hybridized carbons (Fsp3) is 0.846. The summed E-state index contributed by atoms with van der Waals surface area (Å²) in [4.78, 5) is 0. The van der Waals surface area contributed by atoms with Crippen LogP contribution in [0.2, 0.25) is 0 Å². The Morgan fingerprint density at radius 1 is 1.18 bits per heavy atom. The molecule has 4 nitrogen and oxygen atoms in total. The molecule has 0 spiro atoms. The van der Waals surface area contributed by atoms with Gasteiger partial charge in [0.2, 0.25) is 5.95 Å². The van der Waals surface area contributed by atoms with Gasteiger partial charge in [0.05, 0.1) is 0 Å². The van der Waals surface area contributed by atoms with Crippen molar-refractivity contribution in [1.82, 2.24) is 14.8 Å². The van der Waals surface area contributed by atoms with Crippen LogP contribution in [0.15, 0.2) is 0 Å². The van der Waals surface area contributed by atoms with Gasteiger partial charge in [-0.2, -0.15) is 0 Å². The molecule has 0 saturated heterocycles. The highest BCUT2D eigenvalue weighted by Gasteiger charge is 2.44. The van der Waals surface area contributed by atoms with Crippen molar-refractivity contribution in [2.45, 2.75) is 52.0 Å². The van der Waals surface area contributed by atoms with E-state index in [0.717, 1.165) is 30.9 Å². The number of nitrogens with zero attached hydrogens (tertiary/aromatic N) is 3. The monoisotopic (exact) mass is 234 g/mol. The van der Waals surface area contributed by atoms with E-state index in [1.807, 2.05) is 0 Å². The summed E-state index contributed by atoms with van der Waals surface area (Å²) in [5, 5.41) is 12.1. The molecule has 2 saturated carbocycles. The molecular weight excluding hydrogens is 212 g/mol. The van der Waals surface area contributed by atoms with E-state index >= 15 is 0 Å². The van der Waals surface area contributed by atoms with Crippen LogP contribution in [0.25, 0.3) is 0 Å². The molecule has 1 aromatic rings. The molecule has 0 bridgehead atoms. The molecule has 0 aliphatic heterocycles. The van der Waals surface area contributed by atoms with Gasteiger partial charge in [-0.25, -0.2) is 0 Å². The summed E-state index contributed by atoms with van der Waals surface area (Å²) < 4.78 is 2.28. The molecule has 17 heavy (non-hydrogen) atoms. The largest absolute Gasteiger partial charge is 0.355 e. The van der Waals surface area contributed by atoms with Crippen molar-refractivity contribution in [3.05, 3.63) is 5.82 Å². The summed E-state index contributed by atoms with van der Waals surface area (Å²) in [5.41, 5.74) is 0. The molecule has 0 unspecified atom stereocenters. The van der Waals surface area contributed by atoms with E-state index in [4.69, 9.17) is 0 Å². The van der Waals surface area contributed by atoms with Crippen LogP contribution in [-0.4, -0.2) is 21.3 Å². The van der Waals surface area contributed by atoms with Crippen LogP contribution in [-0.2, 0) is 6.54 Å². The second-order valence-corrected chi connectivity index (χ2v) is 5.36. The second-order valence-electron chi connectivity index (χ2n) is 5.36. The van der Waals surface area contributed by atoms with E-state index in [-0.39, 0.29) is 0 Å². The molecule has 3 rings (SSSR count). The fourth-order valence-electron chi connectivity index (χ4n) is 2.88. The van der Waals surface area contributed by atoms with Gasteiger partial charge in [-0.15, -0.1) is 10.2 Å². The third kappa shape index (κ3) is 2.05. The average Bonchev–Trinajstić information content (AvgIpc) is 3.20. The van der Waals surface area contributed by atoms with Crippen molar-refractivity contribution < 1.29 is 0 Å². The first-order valence-corrected chi connectivity index (χ1v) is 7.02. The quantitative estimate of drug-likeness (QED) is 0.822. The number of hydrogen-bond donors (Lipinski definition) is 1. The lowest BCUT2D eigenvalue weighted by molar-refractivity contribution is 0.483. The van der Waals surface area contributed by atoms with Crippen molar-refractivity contribution in [2.24, 2.45) is 11.8 Å². The highest BCUT2D eigenvalue weighted by atomic mass is 15.4. The number of rotatable bonds is 6. The van der Waals surface area contributed by atoms with Crippen LogP contribution in [0.3, 0.4) is 0 Å². The lowest BCUT2D eigenvalue weighted by Crippen LogP contribution is -2.14. The first-order valence-electron chi connectivity index (χ1n) is 7.02. The van der Waals surface area contributed by atoms with Gasteiger partial charge < -0.3 is 5.32 Å². The van der Waals surface area contributed by atoms with Gasteiger partial charge in [-0.3, -0.25) is 4.57 Å². The maximum Gasteiger partial charge on any atom is 0.224 e. The Bertz CT molecular complexity index is 378. The predicted octanol–water partition coefficient (Wildman–Crippen LogP) is 2.63. The first kappa shape index (κ1) is 11.1. The van der Waals surface area contributed by atoms with Crippen molar-refractivity contribution in [2.75, 3.05) is 11.9 Å². The minimum absolute atomic E-state index is 0.690. The summed E-state index contributed by atoms with van der Waals surface area (Å²) in [5.74, 6) is 4.68. The number of hydrogen-bond acceptors (Lipinski definition) is 3. The summed E-state index contributed by atoms with van der Waals surface area (Å²) in [6, 6.07) is 0. The maximum absolute atomic E-state index is 4.48. The highest BCUT2D eigenvalue weighted by molar-refractivity contribution is 5.28. The molecule has 0 atom stereocenters. The smallest absolute Gasteiger partial charge is 0.224 e. The van der Waals surface area contributed by atoms with Gasteiger partial charge in [0.1, 0.15) is 5.82 Å². The maximum atomic E-state index is 4.48. The minimum Gasteiger partial charge on any atom is -0.355 e. The van der Waals surface area contributed by atoms with E-state index in [2.05, 4.69) is 33.9 Å². The molecule has 94 valence electrons. The summed E-state index contributed by atoms with van der Waals surface area (Å²) in [6.07, 6.45) is 5.59. The van der Waals surface area contributed by atoms with Crippen LogP contribution in [0.4, 0.5) is 5.95 Å². The lowest BCUT2D eigenvalue weighted by Gasteiger charge is -2.16. The highest BCUT2D eigenvalue weighted by Crippen LogP contribution is 2.54. The molecule has 4 heteroatoms. The summed E-state index contributed by atoms with van der Waals surface area (Å²) >= 11 is 0. The Balaban J connectivity index is 1.89. The normalized spacial score (nSPS) is 19.9. The van der Waals surface area contributed by atoms with E-state index in [1.54, 1.807) is 0 Å².